The van der Waals surface area contributed by atoms with Gasteiger partial charge in [0.25, 0.3) is 0 Å². The van der Waals surface area contributed by atoms with Gasteiger partial charge >= 0.3 is 0 Å². The zero-order valence-corrected chi connectivity index (χ0v) is 10.7. The minimum atomic E-state index is 0.253. The number of rotatable bonds is 5. The molecule has 0 aromatic heterocycles. The molecule has 1 rings (SSSR count). The van der Waals surface area contributed by atoms with Crippen molar-refractivity contribution in [3.63, 3.8) is 0 Å². The van der Waals surface area contributed by atoms with Crippen molar-refractivity contribution in [3.8, 4) is 0 Å². The molecule has 0 saturated carbocycles. The third-order valence-corrected chi connectivity index (χ3v) is 2.89. The van der Waals surface area contributed by atoms with Crippen molar-refractivity contribution in [1.29, 1.82) is 0 Å². The van der Waals surface area contributed by atoms with Crippen molar-refractivity contribution in [2.45, 2.75) is 39.8 Å². The average molecular weight is 219 g/mol. The largest absolute Gasteiger partial charge is 0.300 e. The van der Waals surface area contributed by atoms with E-state index in [0.29, 0.717) is 12.5 Å². The van der Waals surface area contributed by atoms with Crippen molar-refractivity contribution in [3.05, 3.63) is 35.4 Å². The number of nitrogens with zero attached hydrogens (tertiary/aromatic N) is 1. The molecular formula is C14H21NO. The minimum Gasteiger partial charge on any atom is -0.300 e. The molecule has 2 nitrogen and oxygen atoms in total. The second kappa shape index (κ2) is 5.80. The summed E-state index contributed by atoms with van der Waals surface area (Å²) in [6.45, 7) is 6.73. The van der Waals surface area contributed by atoms with Crippen LogP contribution in [0.1, 0.15) is 31.4 Å². The topological polar surface area (TPSA) is 20.3 Å². The number of hydrogen-bond donors (Lipinski definition) is 0. The molecule has 0 fully saturated rings. The van der Waals surface area contributed by atoms with Crippen molar-refractivity contribution >= 4 is 5.78 Å². The van der Waals surface area contributed by atoms with E-state index in [4.69, 9.17) is 0 Å². The molecule has 0 heterocycles. The van der Waals surface area contributed by atoms with Crippen molar-refractivity contribution in [2.24, 2.45) is 0 Å². The van der Waals surface area contributed by atoms with Gasteiger partial charge in [0.15, 0.2) is 0 Å². The van der Waals surface area contributed by atoms with Crippen LogP contribution in [0.25, 0.3) is 0 Å². The molecule has 0 amide bonds. The number of benzene rings is 1. The lowest BCUT2D eigenvalue weighted by Gasteiger charge is -2.23. The van der Waals surface area contributed by atoms with Crippen molar-refractivity contribution in [1.82, 2.24) is 4.90 Å². The smallest absolute Gasteiger partial charge is 0.131 e. The molecule has 16 heavy (non-hydrogen) atoms. The molecule has 0 radical (unpaired) electrons. The molecule has 1 aromatic rings. The third-order valence-electron chi connectivity index (χ3n) is 2.89. The summed E-state index contributed by atoms with van der Waals surface area (Å²) in [5.74, 6) is 0.253. The Hall–Kier alpha value is -1.15. The summed E-state index contributed by atoms with van der Waals surface area (Å²) in [5, 5.41) is 0. The van der Waals surface area contributed by atoms with Crippen molar-refractivity contribution < 1.29 is 4.79 Å². The fraction of sp³-hybridized carbons (Fsp3) is 0.500. The van der Waals surface area contributed by atoms with Crippen molar-refractivity contribution in [2.75, 3.05) is 7.05 Å². The number of ketones is 1. The van der Waals surface area contributed by atoms with Gasteiger partial charge in [-0.3, -0.25) is 9.69 Å². The standard InChI is InChI=1S/C14H21NO/c1-11-5-7-14(8-6-11)10-15(4)12(2)9-13(3)16/h5-8,12H,9-10H2,1-4H3. The van der Waals surface area contributed by atoms with E-state index < -0.39 is 0 Å². The Bertz CT molecular complexity index is 342. The van der Waals surface area contributed by atoms with E-state index in [-0.39, 0.29) is 5.78 Å². The predicted octanol–water partition coefficient (Wildman–Crippen LogP) is 2.79. The molecule has 1 aromatic carbocycles. The molecule has 0 spiro atoms. The van der Waals surface area contributed by atoms with Crippen LogP contribution in [-0.2, 0) is 11.3 Å². The summed E-state index contributed by atoms with van der Waals surface area (Å²) in [6, 6.07) is 8.84. The van der Waals surface area contributed by atoms with Gasteiger partial charge in [0.1, 0.15) is 5.78 Å². The Morgan fingerprint density at radius 3 is 2.38 bits per heavy atom. The number of carbonyl (C=O) groups excluding carboxylic acids is 1. The van der Waals surface area contributed by atoms with Gasteiger partial charge in [-0.25, -0.2) is 0 Å². The van der Waals surface area contributed by atoms with Crippen LogP contribution in [0.5, 0.6) is 0 Å². The van der Waals surface area contributed by atoms with E-state index in [1.807, 2.05) is 0 Å². The lowest BCUT2D eigenvalue weighted by molar-refractivity contribution is -0.118. The van der Waals surface area contributed by atoms with Gasteiger partial charge in [-0.15, -0.1) is 0 Å². The Balaban J connectivity index is 2.53. The SMILES string of the molecule is CC(=O)CC(C)N(C)Cc1ccc(C)cc1. The zero-order chi connectivity index (χ0) is 12.1. The summed E-state index contributed by atoms with van der Waals surface area (Å²) in [6.07, 6.45) is 0.627. The minimum absolute atomic E-state index is 0.253. The average Bonchev–Trinajstić information content (AvgIpc) is 2.20. The molecule has 1 unspecified atom stereocenters. The summed E-state index contributed by atoms with van der Waals surface area (Å²) in [5.41, 5.74) is 2.58. The van der Waals surface area contributed by atoms with E-state index in [2.05, 4.69) is 50.1 Å². The molecule has 0 aliphatic heterocycles. The van der Waals surface area contributed by atoms with Gasteiger partial charge in [0.2, 0.25) is 0 Å². The van der Waals surface area contributed by atoms with Crippen LogP contribution in [0, 0.1) is 6.92 Å². The first-order valence-corrected chi connectivity index (χ1v) is 5.74. The van der Waals surface area contributed by atoms with Gasteiger partial charge < -0.3 is 0 Å². The van der Waals surface area contributed by atoms with E-state index in [1.54, 1.807) is 6.92 Å². The molecule has 88 valence electrons. The number of hydrogen-bond acceptors (Lipinski definition) is 2. The molecule has 2 heteroatoms. The molecule has 0 saturated heterocycles. The second-order valence-electron chi connectivity index (χ2n) is 4.66. The molecule has 1 atom stereocenters. The maximum atomic E-state index is 11.0. The predicted molar refractivity (Wildman–Crippen MR) is 67.4 cm³/mol. The van der Waals surface area contributed by atoms with Crippen LogP contribution in [-0.4, -0.2) is 23.8 Å². The van der Waals surface area contributed by atoms with Crippen LogP contribution in [0.4, 0.5) is 0 Å². The first-order chi connectivity index (χ1) is 7.49. The van der Waals surface area contributed by atoms with Crippen LogP contribution >= 0.6 is 0 Å². The monoisotopic (exact) mass is 219 g/mol. The van der Waals surface area contributed by atoms with E-state index in [1.165, 1.54) is 11.1 Å². The molecular weight excluding hydrogens is 198 g/mol. The lowest BCUT2D eigenvalue weighted by Crippen LogP contribution is -2.30. The maximum absolute atomic E-state index is 11.0. The van der Waals surface area contributed by atoms with Gasteiger partial charge in [0, 0.05) is 19.0 Å². The van der Waals surface area contributed by atoms with Crippen LogP contribution < -0.4 is 0 Å². The third kappa shape index (κ3) is 4.15. The normalized spacial score (nSPS) is 12.8. The number of Topliss-reactive ketones (excluding diaryl/α,β-unsaturated/α-hetero) is 1. The van der Waals surface area contributed by atoms with Gasteiger partial charge in [-0.05, 0) is 33.4 Å². The fourth-order valence-electron chi connectivity index (χ4n) is 1.71. The van der Waals surface area contributed by atoms with Crippen LogP contribution in [0.15, 0.2) is 24.3 Å². The maximum Gasteiger partial charge on any atom is 0.131 e. The van der Waals surface area contributed by atoms with Gasteiger partial charge in [-0.1, -0.05) is 29.8 Å². The highest BCUT2D eigenvalue weighted by Gasteiger charge is 2.11. The number of aryl methyl sites for hydroxylation is 1. The van der Waals surface area contributed by atoms with E-state index in [9.17, 15) is 4.79 Å². The summed E-state index contributed by atoms with van der Waals surface area (Å²) < 4.78 is 0. The Kier molecular flexibility index (Phi) is 4.69. The van der Waals surface area contributed by atoms with Gasteiger partial charge in [0.05, 0.1) is 0 Å². The summed E-state index contributed by atoms with van der Waals surface area (Å²) in [7, 11) is 2.06. The first kappa shape index (κ1) is 12.9. The van der Waals surface area contributed by atoms with Crippen LogP contribution in [0.3, 0.4) is 0 Å². The zero-order valence-electron chi connectivity index (χ0n) is 10.7. The fourth-order valence-corrected chi connectivity index (χ4v) is 1.71. The highest BCUT2D eigenvalue weighted by Crippen LogP contribution is 2.09. The van der Waals surface area contributed by atoms with E-state index in [0.717, 1.165) is 6.54 Å². The summed E-state index contributed by atoms with van der Waals surface area (Å²) in [4.78, 5) is 13.2. The molecule has 0 aliphatic rings. The van der Waals surface area contributed by atoms with Crippen LogP contribution in [0.2, 0.25) is 0 Å². The summed E-state index contributed by atoms with van der Waals surface area (Å²) >= 11 is 0. The molecule has 0 aliphatic carbocycles. The molecule has 0 bridgehead atoms. The van der Waals surface area contributed by atoms with Gasteiger partial charge in [-0.2, -0.15) is 0 Å². The quantitative estimate of drug-likeness (QED) is 0.759. The lowest BCUT2D eigenvalue weighted by atomic mass is 10.1. The second-order valence-corrected chi connectivity index (χ2v) is 4.66. The highest BCUT2D eigenvalue weighted by atomic mass is 16.1. The first-order valence-electron chi connectivity index (χ1n) is 5.74. The molecule has 0 N–H and O–H groups in total. The highest BCUT2D eigenvalue weighted by molar-refractivity contribution is 5.76. The number of carbonyl (C=O) groups is 1. The Morgan fingerprint density at radius 1 is 1.31 bits per heavy atom. The Labute approximate surface area is 98.3 Å². The van der Waals surface area contributed by atoms with E-state index >= 15 is 0 Å². The Morgan fingerprint density at radius 2 is 1.88 bits per heavy atom.